The van der Waals surface area contributed by atoms with E-state index in [-0.39, 0.29) is 5.91 Å². The summed E-state index contributed by atoms with van der Waals surface area (Å²) in [5.74, 6) is -0.0441. The molecule has 1 aliphatic rings. The average molecular weight is 355 g/mol. The molecule has 122 valence electrons. The van der Waals surface area contributed by atoms with Gasteiger partial charge in [-0.1, -0.05) is 17.8 Å². The van der Waals surface area contributed by atoms with Gasteiger partial charge in [-0.05, 0) is 73.4 Å². The number of aromatic nitrogens is 1. The molecule has 0 bridgehead atoms. The maximum absolute atomic E-state index is 12.6. The molecule has 5 heteroatoms. The number of anilines is 1. The third kappa shape index (κ3) is 3.06. The highest BCUT2D eigenvalue weighted by molar-refractivity contribution is 8.00. The highest BCUT2D eigenvalue weighted by Gasteiger charge is 2.13. The fourth-order valence-corrected chi connectivity index (χ4v) is 4.68. The molecule has 2 aromatic carbocycles. The van der Waals surface area contributed by atoms with E-state index in [1.54, 1.807) is 23.1 Å². The molecular weight excluding hydrogens is 336 g/mol. The van der Waals surface area contributed by atoms with Crippen molar-refractivity contribution in [1.29, 1.82) is 0 Å². The van der Waals surface area contributed by atoms with Crippen LogP contribution in [0.3, 0.4) is 0 Å². The number of nitrogens with one attached hydrogen (secondary N) is 1. The Morgan fingerprint density at radius 3 is 2.79 bits per heavy atom. The Hall–Kier alpha value is -1.85. The van der Waals surface area contributed by atoms with Gasteiger partial charge in [0.25, 0.3) is 5.91 Å². The Bertz CT molecular complexity index is 917. The number of thioether (sulfide) groups is 1. The molecule has 0 saturated carbocycles. The number of benzene rings is 2. The van der Waals surface area contributed by atoms with E-state index in [0.29, 0.717) is 0 Å². The van der Waals surface area contributed by atoms with Crippen molar-refractivity contribution >= 4 is 44.9 Å². The van der Waals surface area contributed by atoms with E-state index in [1.165, 1.54) is 24.0 Å². The topological polar surface area (TPSA) is 42.0 Å². The molecule has 0 fully saturated rings. The first-order valence-corrected chi connectivity index (χ1v) is 10.1. The van der Waals surface area contributed by atoms with E-state index in [2.05, 4.69) is 22.4 Å². The van der Waals surface area contributed by atoms with Crippen molar-refractivity contribution in [3.05, 3.63) is 53.1 Å². The molecule has 1 N–H and O–H groups in total. The maximum atomic E-state index is 12.6. The normalized spacial score (nSPS) is 13.7. The van der Waals surface area contributed by atoms with Crippen LogP contribution in [0.2, 0.25) is 0 Å². The highest BCUT2D eigenvalue weighted by atomic mass is 32.2. The largest absolute Gasteiger partial charge is 0.322 e. The molecule has 0 aliphatic heterocycles. The van der Waals surface area contributed by atoms with Crippen molar-refractivity contribution in [2.45, 2.75) is 30.0 Å². The Kier molecular flexibility index (Phi) is 4.29. The highest BCUT2D eigenvalue weighted by Crippen LogP contribution is 2.30. The summed E-state index contributed by atoms with van der Waals surface area (Å²) in [7, 11) is 0. The van der Waals surface area contributed by atoms with Crippen LogP contribution in [0.15, 0.2) is 40.7 Å². The van der Waals surface area contributed by atoms with E-state index in [9.17, 15) is 4.79 Å². The van der Waals surface area contributed by atoms with Gasteiger partial charge in [0.2, 0.25) is 0 Å². The Morgan fingerprint density at radius 1 is 1.12 bits per heavy atom. The third-order valence-electron chi connectivity index (χ3n) is 4.41. The second kappa shape index (κ2) is 6.57. The van der Waals surface area contributed by atoms with Crippen molar-refractivity contribution in [1.82, 2.24) is 4.98 Å². The summed E-state index contributed by atoms with van der Waals surface area (Å²) in [5.41, 5.74) is 5.27. The summed E-state index contributed by atoms with van der Waals surface area (Å²) in [6, 6.07) is 12.0. The van der Waals surface area contributed by atoms with Crippen LogP contribution in [-0.2, 0) is 12.8 Å². The van der Waals surface area contributed by atoms with Gasteiger partial charge in [0, 0.05) is 11.3 Å². The fourth-order valence-electron chi connectivity index (χ4n) is 3.15. The maximum Gasteiger partial charge on any atom is 0.255 e. The molecule has 3 aromatic rings. The first-order valence-electron chi connectivity index (χ1n) is 8.11. The lowest BCUT2D eigenvalue weighted by atomic mass is 9.90. The SMILES string of the molecule is CSc1nc2ccc(NC(=O)c3ccc4c(c3)CCCC4)cc2s1. The van der Waals surface area contributed by atoms with Crippen LogP contribution in [0.4, 0.5) is 5.69 Å². The number of hydrogen-bond acceptors (Lipinski definition) is 4. The van der Waals surface area contributed by atoms with Crippen molar-refractivity contribution in [2.75, 3.05) is 11.6 Å². The summed E-state index contributed by atoms with van der Waals surface area (Å²) in [4.78, 5) is 17.1. The van der Waals surface area contributed by atoms with Crippen LogP contribution >= 0.6 is 23.1 Å². The van der Waals surface area contributed by atoms with Crippen LogP contribution in [0, 0.1) is 0 Å². The molecule has 24 heavy (non-hydrogen) atoms. The van der Waals surface area contributed by atoms with Gasteiger partial charge in [0.05, 0.1) is 10.2 Å². The van der Waals surface area contributed by atoms with Crippen molar-refractivity contribution in [3.63, 3.8) is 0 Å². The van der Waals surface area contributed by atoms with Gasteiger partial charge in [-0.15, -0.1) is 11.3 Å². The Morgan fingerprint density at radius 2 is 1.96 bits per heavy atom. The third-order valence-corrected chi connectivity index (χ3v) is 6.42. The Balaban J connectivity index is 1.57. The number of fused-ring (bicyclic) bond motifs is 2. The molecule has 0 spiro atoms. The second-order valence-corrected chi connectivity index (χ2v) is 8.10. The first kappa shape index (κ1) is 15.7. The number of rotatable bonds is 3. The van der Waals surface area contributed by atoms with E-state index in [4.69, 9.17) is 0 Å². The summed E-state index contributed by atoms with van der Waals surface area (Å²) in [5, 5.41) is 3.02. The lowest BCUT2D eigenvalue weighted by Gasteiger charge is -2.16. The Labute approximate surface area is 149 Å². The number of aryl methyl sites for hydroxylation is 2. The van der Waals surface area contributed by atoms with Gasteiger partial charge in [0.1, 0.15) is 0 Å². The van der Waals surface area contributed by atoms with Gasteiger partial charge in [-0.25, -0.2) is 4.98 Å². The second-order valence-electron chi connectivity index (χ2n) is 6.01. The fraction of sp³-hybridized carbons (Fsp3) is 0.263. The zero-order valence-corrected chi connectivity index (χ0v) is 15.1. The van der Waals surface area contributed by atoms with E-state index in [0.717, 1.165) is 38.6 Å². The minimum absolute atomic E-state index is 0.0441. The van der Waals surface area contributed by atoms with Gasteiger partial charge in [0.15, 0.2) is 4.34 Å². The number of nitrogens with zero attached hydrogens (tertiary/aromatic N) is 1. The molecule has 4 rings (SSSR count). The molecular formula is C19H18N2OS2. The predicted molar refractivity (Wildman–Crippen MR) is 102 cm³/mol. The van der Waals surface area contributed by atoms with Crippen molar-refractivity contribution < 1.29 is 4.79 Å². The number of amides is 1. The van der Waals surface area contributed by atoms with Crippen LogP contribution < -0.4 is 5.32 Å². The monoisotopic (exact) mass is 354 g/mol. The summed E-state index contributed by atoms with van der Waals surface area (Å²) in [6.45, 7) is 0. The van der Waals surface area contributed by atoms with E-state index in [1.807, 2.05) is 30.5 Å². The average Bonchev–Trinajstić information content (AvgIpc) is 3.03. The summed E-state index contributed by atoms with van der Waals surface area (Å²) in [6.07, 6.45) is 6.72. The molecule has 0 radical (unpaired) electrons. The van der Waals surface area contributed by atoms with E-state index >= 15 is 0 Å². The minimum Gasteiger partial charge on any atom is -0.322 e. The van der Waals surface area contributed by atoms with Crippen molar-refractivity contribution in [2.24, 2.45) is 0 Å². The van der Waals surface area contributed by atoms with Crippen molar-refractivity contribution in [3.8, 4) is 0 Å². The molecule has 0 atom stereocenters. The minimum atomic E-state index is -0.0441. The van der Waals surface area contributed by atoms with Gasteiger partial charge >= 0.3 is 0 Å². The summed E-state index contributed by atoms with van der Waals surface area (Å²) < 4.78 is 2.14. The molecule has 1 heterocycles. The zero-order valence-electron chi connectivity index (χ0n) is 13.5. The number of carbonyl (C=O) groups excluding carboxylic acids is 1. The molecule has 1 amide bonds. The molecule has 0 unspecified atom stereocenters. The predicted octanol–water partition coefficient (Wildman–Crippen LogP) is 5.15. The standard InChI is InChI=1S/C19H18N2OS2/c1-23-19-21-16-9-8-15(11-17(16)24-19)20-18(22)14-7-6-12-4-2-3-5-13(12)10-14/h6-11H,2-5H2,1H3,(H,20,22). The number of thiazole rings is 1. The van der Waals surface area contributed by atoms with Crippen LogP contribution in [0.5, 0.6) is 0 Å². The quantitative estimate of drug-likeness (QED) is 0.662. The van der Waals surface area contributed by atoms with E-state index < -0.39 is 0 Å². The lowest BCUT2D eigenvalue weighted by molar-refractivity contribution is 0.102. The smallest absolute Gasteiger partial charge is 0.255 e. The number of carbonyl (C=O) groups is 1. The molecule has 1 aliphatic carbocycles. The lowest BCUT2D eigenvalue weighted by Crippen LogP contribution is -2.13. The van der Waals surface area contributed by atoms with Gasteiger partial charge < -0.3 is 5.32 Å². The first-order chi connectivity index (χ1) is 11.7. The van der Waals surface area contributed by atoms with Crippen LogP contribution in [0.25, 0.3) is 10.2 Å². The molecule has 3 nitrogen and oxygen atoms in total. The van der Waals surface area contributed by atoms with Crippen LogP contribution in [0.1, 0.15) is 34.3 Å². The number of hydrogen-bond donors (Lipinski definition) is 1. The molecule has 0 saturated heterocycles. The molecule has 1 aromatic heterocycles. The van der Waals surface area contributed by atoms with Crippen LogP contribution in [-0.4, -0.2) is 17.1 Å². The van der Waals surface area contributed by atoms with Gasteiger partial charge in [-0.3, -0.25) is 4.79 Å². The summed E-state index contributed by atoms with van der Waals surface area (Å²) >= 11 is 3.30. The van der Waals surface area contributed by atoms with Gasteiger partial charge in [-0.2, -0.15) is 0 Å². The zero-order chi connectivity index (χ0) is 16.5.